The number of likely N-dealkylation sites (tertiary alicyclic amines) is 1. The lowest BCUT2D eigenvalue weighted by molar-refractivity contribution is -0.0231. The summed E-state index contributed by atoms with van der Waals surface area (Å²) < 4.78 is 10.7. The van der Waals surface area contributed by atoms with E-state index in [1.165, 1.54) is 18.4 Å². The number of carbonyl (C=O) groups is 2. The summed E-state index contributed by atoms with van der Waals surface area (Å²) in [6.07, 6.45) is 1.89. The number of hydrogen-bond acceptors (Lipinski definition) is 7. The number of methoxy groups -OCH3 is 1. The number of aromatic nitrogens is 1. The molecule has 0 radical (unpaired) electrons. The van der Waals surface area contributed by atoms with Crippen molar-refractivity contribution in [3.8, 4) is 5.75 Å². The van der Waals surface area contributed by atoms with Crippen LogP contribution in [0.5, 0.6) is 5.75 Å². The second-order valence-electron chi connectivity index (χ2n) is 7.31. The number of carbonyl (C=O) groups excluding carboxylic acids is 2. The highest BCUT2D eigenvalue weighted by atomic mass is 32.1. The van der Waals surface area contributed by atoms with E-state index in [0.29, 0.717) is 42.1 Å². The second kappa shape index (κ2) is 7.89. The Morgan fingerprint density at radius 3 is 2.75 bits per heavy atom. The Balaban J connectivity index is 1.42. The Morgan fingerprint density at radius 1 is 1.25 bits per heavy atom. The third-order valence-electron chi connectivity index (χ3n) is 5.56. The summed E-state index contributed by atoms with van der Waals surface area (Å²) in [5.41, 5.74) is 2.07. The highest BCUT2D eigenvalue weighted by molar-refractivity contribution is 7.11. The van der Waals surface area contributed by atoms with Gasteiger partial charge in [-0.15, -0.1) is 11.3 Å². The first-order valence-electron chi connectivity index (χ1n) is 9.26. The maximum absolute atomic E-state index is 12.6. The zero-order chi connectivity index (χ0) is 19.7. The Hall–Kier alpha value is -2.45. The molecule has 2 fully saturated rings. The van der Waals surface area contributed by atoms with Crippen molar-refractivity contribution in [3.63, 3.8) is 0 Å². The van der Waals surface area contributed by atoms with Crippen molar-refractivity contribution in [1.82, 2.24) is 9.88 Å². The predicted octanol–water partition coefficient (Wildman–Crippen LogP) is 2.22. The number of aliphatic hydroxyl groups excluding tert-OH is 1. The highest BCUT2D eigenvalue weighted by Gasteiger charge is 2.44. The molecule has 1 aromatic carbocycles. The smallest absolute Gasteiger partial charge is 0.337 e. The molecule has 4 rings (SSSR count). The molecule has 1 aliphatic carbocycles. The van der Waals surface area contributed by atoms with Gasteiger partial charge in [0.2, 0.25) is 0 Å². The fourth-order valence-electron chi connectivity index (χ4n) is 4.15. The van der Waals surface area contributed by atoms with Crippen LogP contribution in [0.25, 0.3) is 0 Å². The van der Waals surface area contributed by atoms with E-state index in [2.05, 4.69) is 4.98 Å². The molecule has 8 heteroatoms. The van der Waals surface area contributed by atoms with E-state index in [1.54, 1.807) is 36.0 Å². The first-order valence-corrected chi connectivity index (χ1v) is 10.1. The maximum Gasteiger partial charge on any atom is 0.337 e. The van der Waals surface area contributed by atoms with Gasteiger partial charge in [-0.1, -0.05) is 6.07 Å². The Bertz CT molecular complexity index is 856. The van der Waals surface area contributed by atoms with Gasteiger partial charge in [-0.2, -0.15) is 0 Å². The van der Waals surface area contributed by atoms with Crippen molar-refractivity contribution in [1.29, 1.82) is 0 Å². The highest BCUT2D eigenvalue weighted by Crippen LogP contribution is 2.38. The number of amides is 1. The summed E-state index contributed by atoms with van der Waals surface area (Å²) in [4.78, 5) is 30.8. The van der Waals surface area contributed by atoms with Gasteiger partial charge in [0.1, 0.15) is 16.7 Å². The Morgan fingerprint density at radius 2 is 2.04 bits per heavy atom. The van der Waals surface area contributed by atoms with E-state index in [-0.39, 0.29) is 23.8 Å². The van der Waals surface area contributed by atoms with Gasteiger partial charge < -0.3 is 19.5 Å². The topological polar surface area (TPSA) is 89.0 Å². The standard InChI is InChI=1S/C20H22N2O5S/c1-26-20(25)12-3-2-4-15(5-12)27-17-7-14-10-22(9-13(14)6-16(17)23)19(24)18-8-21-11-28-18/h2-5,8,11,13-14,16-17,23H,6-7,9-10H2,1H3/t13-,14+,16+,17+/m0/s1. The summed E-state index contributed by atoms with van der Waals surface area (Å²) in [6.45, 7) is 1.32. The van der Waals surface area contributed by atoms with Crippen LogP contribution in [0.3, 0.4) is 0 Å². The number of fused-ring (bicyclic) bond motifs is 1. The van der Waals surface area contributed by atoms with Gasteiger partial charge in [0.25, 0.3) is 5.91 Å². The largest absolute Gasteiger partial charge is 0.488 e. The van der Waals surface area contributed by atoms with E-state index in [0.717, 1.165) is 0 Å². The average Bonchev–Trinajstić information content (AvgIpc) is 3.37. The molecule has 1 amide bonds. The molecular formula is C20H22N2O5S. The van der Waals surface area contributed by atoms with Crippen LogP contribution in [-0.2, 0) is 4.74 Å². The lowest BCUT2D eigenvalue weighted by Crippen LogP contribution is -2.42. The van der Waals surface area contributed by atoms with Crippen LogP contribution >= 0.6 is 11.3 Å². The van der Waals surface area contributed by atoms with Gasteiger partial charge in [0.15, 0.2) is 0 Å². The molecule has 148 valence electrons. The van der Waals surface area contributed by atoms with Crippen molar-refractivity contribution < 1.29 is 24.2 Å². The molecular weight excluding hydrogens is 380 g/mol. The predicted molar refractivity (Wildman–Crippen MR) is 102 cm³/mol. The molecule has 2 aliphatic rings. The molecule has 0 bridgehead atoms. The number of hydrogen-bond donors (Lipinski definition) is 1. The molecule has 0 spiro atoms. The molecule has 1 N–H and O–H groups in total. The number of rotatable bonds is 4. The van der Waals surface area contributed by atoms with Crippen LogP contribution in [0, 0.1) is 11.8 Å². The molecule has 28 heavy (non-hydrogen) atoms. The van der Waals surface area contributed by atoms with Gasteiger partial charge in [-0.05, 0) is 42.9 Å². The number of ether oxygens (including phenoxy) is 2. The SMILES string of the molecule is COC(=O)c1cccc(O[C@@H]2C[C@@H]3CN(C(=O)c4cncs4)C[C@@H]3C[C@H]2O)c1. The number of benzene rings is 1. The van der Waals surface area contributed by atoms with Crippen molar-refractivity contribution in [2.45, 2.75) is 25.0 Å². The van der Waals surface area contributed by atoms with Crippen LogP contribution in [0.4, 0.5) is 0 Å². The van der Waals surface area contributed by atoms with E-state index in [1.807, 2.05) is 4.90 Å². The van der Waals surface area contributed by atoms with Crippen LogP contribution in [0.2, 0.25) is 0 Å². The van der Waals surface area contributed by atoms with E-state index < -0.39 is 12.1 Å². The van der Waals surface area contributed by atoms with Gasteiger partial charge in [0, 0.05) is 13.1 Å². The number of aliphatic hydroxyl groups is 1. The molecule has 2 heterocycles. The minimum absolute atomic E-state index is 0.00892. The molecule has 1 saturated heterocycles. The summed E-state index contributed by atoms with van der Waals surface area (Å²) in [6, 6.07) is 6.77. The average molecular weight is 402 g/mol. The second-order valence-corrected chi connectivity index (χ2v) is 8.20. The monoisotopic (exact) mass is 402 g/mol. The fraction of sp³-hybridized carbons (Fsp3) is 0.450. The first-order chi connectivity index (χ1) is 13.5. The minimum Gasteiger partial charge on any atom is -0.488 e. The summed E-state index contributed by atoms with van der Waals surface area (Å²) in [5, 5.41) is 10.6. The van der Waals surface area contributed by atoms with E-state index >= 15 is 0 Å². The van der Waals surface area contributed by atoms with Crippen LogP contribution < -0.4 is 4.74 Å². The van der Waals surface area contributed by atoms with Crippen molar-refractivity contribution >= 4 is 23.2 Å². The maximum atomic E-state index is 12.6. The van der Waals surface area contributed by atoms with Crippen molar-refractivity contribution in [2.24, 2.45) is 11.8 Å². The van der Waals surface area contributed by atoms with Gasteiger partial charge in [-0.3, -0.25) is 9.78 Å². The van der Waals surface area contributed by atoms with Gasteiger partial charge in [0.05, 0.1) is 30.5 Å². The Kier molecular flexibility index (Phi) is 5.32. The van der Waals surface area contributed by atoms with Crippen LogP contribution in [0.1, 0.15) is 32.9 Å². The fourth-order valence-corrected chi connectivity index (χ4v) is 4.74. The van der Waals surface area contributed by atoms with Gasteiger partial charge in [-0.25, -0.2) is 4.79 Å². The van der Waals surface area contributed by atoms with Crippen LogP contribution in [-0.4, -0.2) is 59.3 Å². The van der Waals surface area contributed by atoms with Crippen molar-refractivity contribution in [3.05, 3.63) is 46.4 Å². The van der Waals surface area contributed by atoms with Crippen molar-refractivity contribution in [2.75, 3.05) is 20.2 Å². The molecule has 4 atom stereocenters. The molecule has 0 unspecified atom stereocenters. The first kappa shape index (κ1) is 18.9. The Labute approximate surface area is 166 Å². The normalized spacial score (nSPS) is 26.6. The quantitative estimate of drug-likeness (QED) is 0.789. The summed E-state index contributed by atoms with van der Waals surface area (Å²) in [7, 11) is 1.33. The number of thiazole rings is 1. The zero-order valence-corrected chi connectivity index (χ0v) is 16.3. The molecule has 1 aliphatic heterocycles. The zero-order valence-electron chi connectivity index (χ0n) is 15.5. The number of nitrogens with zero attached hydrogens (tertiary/aromatic N) is 2. The third-order valence-corrected chi connectivity index (χ3v) is 6.32. The lowest BCUT2D eigenvalue weighted by atomic mass is 9.78. The van der Waals surface area contributed by atoms with E-state index in [4.69, 9.17) is 9.47 Å². The third kappa shape index (κ3) is 3.74. The minimum atomic E-state index is -0.610. The lowest BCUT2D eigenvalue weighted by Gasteiger charge is -2.35. The summed E-state index contributed by atoms with van der Waals surface area (Å²) in [5.74, 6) is 0.667. The number of esters is 1. The summed E-state index contributed by atoms with van der Waals surface area (Å²) >= 11 is 1.35. The van der Waals surface area contributed by atoms with Crippen LogP contribution in [0.15, 0.2) is 36.0 Å². The molecule has 7 nitrogen and oxygen atoms in total. The van der Waals surface area contributed by atoms with Gasteiger partial charge >= 0.3 is 5.97 Å². The molecule has 1 aromatic heterocycles. The van der Waals surface area contributed by atoms with E-state index in [9.17, 15) is 14.7 Å². The molecule has 1 saturated carbocycles. The molecule has 2 aromatic rings.